The molecular weight excluding hydrogens is 254 g/mol. The van der Waals surface area contributed by atoms with Crippen molar-refractivity contribution < 1.29 is 9.84 Å². The Balaban J connectivity index is 2.43. The number of hydrogen-bond donors (Lipinski definition) is 3. The van der Waals surface area contributed by atoms with E-state index in [1.807, 2.05) is 18.2 Å². The van der Waals surface area contributed by atoms with Gasteiger partial charge in [-0.1, -0.05) is 12.8 Å². The number of nitrogens with zero attached hydrogens (tertiary/aromatic N) is 1. The monoisotopic (exact) mass is 277 g/mol. The van der Waals surface area contributed by atoms with Crippen molar-refractivity contribution in [3.05, 3.63) is 23.8 Å². The van der Waals surface area contributed by atoms with Crippen LogP contribution in [0.5, 0.6) is 5.75 Å². The number of benzene rings is 1. The quantitative estimate of drug-likeness (QED) is 0.578. The first-order valence-electron chi connectivity index (χ1n) is 7.07. The third kappa shape index (κ3) is 3.04. The van der Waals surface area contributed by atoms with Crippen LogP contribution in [-0.2, 0) is 0 Å². The molecule has 1 aromatic rings. The Morgan fingerprint density at radius 1 is 1.45 bits per heavy atom. The zero-order chi connectivity index (χ0) is 14.5. The SMILES string of the molecule is COc1ccc(C(=N)N)c(N2CCCCCC2CO)c1. The van der Waals surface area contributed by atoms with Crippen molar-refractivity contribution in [2.75, 3.05) is 25.2 Å². The van der Waals surface area contributed by atoms with Crippen LogP contribution in [0.1, 0.15) is 31.2 Å². The Bertz CT molecular complexity index is 476. The highest BCUT2D eigenvalue weighted by molar-refractivity contribution is 6.00. The van der Waals surface area contributed by atoms with Crippen molar-refractivity contribution in [1.29, 1.82) is 5.41 Å². The van der Waals surface area contributed by atoms with Crippen LogP contribution in [0.25, 0.3) is 0 Å². The van der Waals surface area contributed by atoms with Crippen LogP contribution in [0.4, 0.5) is 5.69 Å². The highest BCUT2D eigenvalue weighted by atomic mass is 16.5. The smallest absolute Gasteiger partial charge is 0.124 e. The van der Waals surface area contributed by atoms with Crippen molar-refractivity contribution in [2.24, 2.45) is 5.73 Å². The number of ether oxygens (including phenoxy) is 1. The summed E-state index contributed by atoms with van der Waals surface area (Å²) in [6.45, 7) is 0.993. The van der Waals surface area contributed by atoms with E-state index >= 15 is 0 Å². The summed E-state index contributed by atoms with van der Waals surface area (Å²) in [5.41, 5.74) is 7.28. The van der Waals surface area contributed by atoms with E-state index in [9.17, 15) is 5.11 Å². The molecule has 0 saturated carbocycles. The Morgan fingerprint density at radius 3 is 2.90 bits per heavy atom. The first kappa shape index (κ1) is 14.7. The van der Waals surface area contributed by atoms with Gasteiger partial charge in [0.25, 0.3) is 0 Å². The maximum atomic E-state index is 9.65. The summed E-state index contributed by atoms with van der Waals surface area (Å²) in [5, 5.41) is 17.4. The van der Waals surface area contributed by atoms with Crippen LogP contribution in [0.2, 0.25) is 0 Å². The van der Waals surface area contributed by atoms with Gasteiger partial charge in [0.15, 0.2) is 0 Å². The molecule has 1 fully saturated rings. The summed E-state index contributed by atoms with van der Waals surface area (Å²) < 4.78 is 5.28. The van der Waals surface area contributed by atoms with Gasteiger partial charge in [-0.05, 0) is 25.0 Å². The second-order valence-electron chi connectivity index (χ2n) is 5.18. The van der Waals surface area contributed by atoms with Gasteiger partial charge in [-0.15, -0.1) is 0 Å². The Morgan fingerprint density at radius 2 is 2.25 bits per heavy atom. The molecule has 1 aliphatic heterocycles. The molecule has 1 saturated heterocycles. The zero-order valence-corrected chi connectivity index (χ0v) is 11.9. The fraction of sp³-hybridized carbons (Fsp3) is 0.533. The van der Waals surface area contributed by atoms with E-state index in [0.29, 0.717) is 5.56 Å². The highest BCUT2D eigenvalue weighted by Crippen LogP contribution is 2.30. The molecule has 0 aromatic heterocycles. The summed E-state index contributed by atoms with van der Waals surface area (Å²) in [6.07, 6.45) is 4.35. The lowest BCUT2D eigenvalue weighted by atomic mass is 10.1. The third-order valence-electron chi connectivity index (χ3n) is 3.89. The molecular formula is C15H23N3O2. The highest BCUT2D eigenvalue weighted by Gasteiger charge is 2.23. The summed E-state index contributed by atoms with van der Waals surface area (Å²) in [7, 11) is 1.62. The normalized spacial score (nSPS) is 19.5. The lowest BCUT2D eigenvalue weighted by molar-refractivity contribution is 0.255. The van der Waals surface area contributed by atoms with Gasteiger partial charge < -0.3 is 20.5 Å². The van der Waals surface area contributed by atoms with Crippen molar-refractivity contribution in [1.82, 2.24) is 0 Å². The average molecular weight is 277 g/mol. The molecule has 20 heavy (non-hydrogen) atoms. The van der Waals surface area contributed by atoms with Crippen molar-refractivity contribution in [2.45, 2.75) is 31.7 Å². The first-order valence-corrected chi connectivity index (χ1v) is 7.07. The maximum Gasteiger partial charge on any atom is 0.124 e. The molecule has 5 nitrogen and oxygen atoms in total. The van der Waals surface area contributed by atoms with E-state index < -0.39 is 0 Å². The molecule has 0 spiro atoms. The number of rotatable bonds is 4. The van der Waals surface area contributed by atoms with Crippen LogP contribution in [-0.4, -0.2) is 37.2 Å². The number of nitrogen functional groups attached to an aromatic ring is 1. The van der Waals surface area contributed by atoms with Gasteiger partial charge in [0.1, 0.15) is 11.6 Å². The lowest BCUT2D eigenvalue weighted by Gasteiger charge is -2.32. The van der Waals surface area contributed by atoms with Gasteiger partial charge >= 0.3 is 0 Å². The molecule has 1 heterocycles. The minimum atomic E-state index is 0.0450. The minimum Gasteiger partial charge on any atom is -0.497 e. The molecule has 110 valence electrons. The Labute approximate surface area is 119 Å². The molecule has 1 aromatic carbocycles. The first-order chi connectivity index (χ1) is 9.67. The van der Waals surface area contributed by atoms with E-state index in [0.717, 1.165) is 37.2 Å². The molecule has 0 aliphatic carbocycles. The number of aliphatic hydroxyl groups excluding tert-OH is 1. The third-order valence-corrected chi connectivity index (χ3v) is 3.89. The summed E-state index contributed by atoms with van der Waals surface area (Å²) in [5.74, 6) is 0.787. The minimum absolute atomic E-state index is 0.0450. The van der Waals surface area contributed by atoms with Crippen LogP contribution >= 0.6 is 0 Å². The molecule has 0 bridgehead atoms. The van der Waals surface area contributed by atoms with Crippen molar-refractivity contribution >= 4 is 11.5 Å². The van der Waals surface area contributed by atoms with Gasteiger partial charge in [-0.25, -0.2) is 0 Å². The van der Waals surface area contributed by atoms with Crippen LogP contribution in [0.15, 0.2) is 18.2 Å². The van der Waals surface area contributed by atoms with E-state index in [2.05, 4.69) is 4.90 Å². The van der Waals surface area contributed by atoms with Crippen LogP contribution < -0.4 is 15.4 Å². The number of hydrogen-bond acceptors (Lipinski definition) is 4. The molecule has 0 radical (unpaired) electrons. The standard InChI is InChI=1S/C15H23N3O2/c1-20-12-6-7-13(15(16)17)14(9-12)18-8-4-2-3-5-11(18)10-19/h6-7,9,11,19H,2-5,8,10H2,1H3,(H3,16,17). The van der Waals surface area contributed by atoms with Gasteiger partial charge in [0.05, 0.1) is 25.4 Å². The van der Waals surface area contributed by atoms with Crippen LogP contribution in [0.3, 0.4) is 0 Å². The van der Waals surface area contributed by atoms with Gasteiger partial charge in [0, 0.05) is 18.2 Å². The number of anilines is 1. The number of methoxy groups -OCH3 is 1. The number of nitrogens with one attached hydrogen (secondary N) is 1. The second-order valence-corrected chi connectivity index (χ2v) is 5.18. The largest absolute Gasteiger partial charge is 0.497 e. The second kappa shape index (κ2) is 6.61. The van der Waals surface area contributed by atoms with Crippen LogP contribution in [0, 0.1) is 5.41 Å². The predicted molar refractivity (Wildman–Crippen MR) is 80.7 cm³/mol. The summed E-state index contributed by atoms with van der Waals surface area (Å²) in [4.78, 5) is 2.17. The summed E-state index contributed by atoms with van der Waals surface area (Å²) >= 11 is 0. The van der Waals surface area contributed by atoms with Gasteiger partial charge in [-0.3, -0.25) is 5.41 Å². The molecule has 2 rings (SSSR count). The molecule has 5 heteroatoms. The molecule has 1 unspecified atom stereocenters. The topological polar surface area (TPSA) is 82.6 Å². The molecule has 0 amide bonds. The lowest BCUT2D eigenvalue weighted by Crippen LogP contribution is -2.38. The Hall–Kier alpha value is -1.75. The predicted octanol–water partition coefficient (Wildman–Crippen LogP) is 1.72. The molecule has 1 aliphatic rings. The molecule has 1 atom stereocenters. The summed E-state index contributed by atoms with van der Waals surface area (Å²) in [6, 6.07) is 5.62. The van der Waals surface area contributed by atoms with E-state index in [4.69, 9.17) is 15.9 Å². The Kier molecular flexibility index (Phi) is 4.84. The van der Waals surface area contributed by atoms with E-state index in [1.54, 1.807) is 7.11 Å². The molecule has 4 N–H and O–H groups in total. The fourth-order valence-corrected chi connectivity index (χ4v) is 2.79. The maximum absolute atomic E-state index is 9.65. The van der Waals surface area contributed by atoms with Crippen molar-refractivity contribution in [3.63, 3.8) is 0 Å². The van der Waals surface area contributed by atoms with Crippen molar-refractivity contribution in [3.8, 4) is 5.75 Å². The van der Waals surface area contributed by atoms with E-state index in [-0.39, 0.29) is 18.5 Å². The zero-order valence-electron chi connectivity index (χ0n) is 11.9. The fourth-order valence-electron chi connectivity index (χ4n) is 2.79. The average Bonchev–Trinajstić information content (AvgIpc) is 2.71. The number of aliphatic hydroxyl groups is 1. The van der Waals surface area contributed by atoms with Gasteiger partial charge in [0.2, 0.25) is 0 Å². The number of nitrogens with two attached hydrogens (primary N) is 1. The van der Waals surface area contributed by atoms with Gasteiger partial charge in [-0.2, -0.15) is 0 Å². The number of amidine groups is 1. The van der Waals surface area contributed by atoms with E-state index in [1.165, 1.54) is 6.42 Å².